The second-order valence-corrected chi connectivity index (χ2v) is 5.76. The topological polar surface area (TPSA) is 60.9 Å². The summed E-state index contributed by atoms with van der Waals surface area (Å²) in [5, 5.41) is 8.66. The van der Waals surface area contributed by atoms with Crippen molar-refractivity contribution in [3.8, 4) is 0 Å². The highest BCUT2D eigenvalue weighted by molar-refractivity contribution is 9.10. The summed E-state index contributed by atoms with van der Waals surface area (Å²) in [6.07, 6.45) is 0.101. The van der Waals surface area contributed by atoms with Gasteiger partial charge in [0.15, 0.2) is 0 Å². The molecule has 0 radical (unpaired) electrons. The van der Waals surface area contributed by atoms with Crippen molar-refractivity contribution in [3.05, 3.63) is 34.1 Å². The van der Waals surface area contributed by atoms with E-state index >= 15 is 0 Å². The van der Waals surface area contributed by atoms with Crippen LogP contribution in [0.3, 0.4) is 0 Å². The van der Waals surface area contributed by atoms with Crippen LogP contribution >= 0.6 is 15.9 Å². The van der Waals surface area contributed by atoms with Crippen molar-refractivity contribution < 1.29 is 19.1 Å². The summed E-state index contributed by atoms with van der Waals surface area (Å²) in [5.74, 6) is -1.47. The molecule has 0 bridgehead atoms. The highest BCUT2D eigenvalue weighted by atomic mass is 79.9. The first-order valence-corrected chi connectivity index (χ1v) is 7.45. The molecule has 1 saturated heterocycles. The average molecular weight is 359 g/mol. The quantitative estimate of drug-likeness (QED) is 0.891. The zero-order chi connectivity index (χ0) is 15.4. The Labute approximate surface area is 130 Å². The molecule has 0 unspecified atom stereocenters. The zero-order valence-corrected chi connectivity index (χ0v) is 13.0. The van der Waals surface area contributed by atoms with Crippen LogP contribution in [0.1, 0.15) is 16.8 Å². The summed E-state index contributed by atoms with van der Waals surface area (Å²) in [5.41, 5.74) is 0.314. The van der Waals surface area contributed by atoms with Crippen molar-refractivity contribution in [3.63, 3.8) is 0 Å². The van der Waals surface area contributed by atoms with Crippen LogP contribution in [0.15, 0.2) is 22.7 Å². The summed E-state index contributed by atoms with van der Waals surface area (Å²) in [7, 11) is 0. The Morgan fingerprint density at radius 1 is 1.24 bits per heavy atom. The van der Waals surface area contributed by atoms with Gasteiger partial charge in [-0.15, -0.1) is 0 Å². The number of halogens is 2. The van der Waals surface area contributed by atoms with E-state index in [1.807, 2.05) is 4.90 Å². The van der Waals surface area contributed by atoms with Crippen LogP contribution in [0, 0.1) is 5.82 Å². The Morgan fingerprint density at radius 3 is 2.52 bits per heavy atom. The summed E-state index contributed by atoms with van der Waals surface area (Å²) < 4.78 is 13.8. The average Bonchev–Trinajstić information content (AvgIpc) is 2.47. The smallest absolute Gasteiger partial charge is 0.304 e. The molecule has 1 aliphatic heterocycles. The van der Waals surface area contributed by atoms with Gasteiger partial charge >= 0.3 is 5.97 Å². The van der Waals surface area contributed by atoms with Crippen LogP contribution < -0.4 is 0 Å². The van der Waals surface area contributed by atoms with E-state index in [0.29, 0.717) is 42.8 Å². The number of carbonyl (C=O) groups is 2. The number of carbonyl (C=O) groups excluding carboxylic acids is 1. The van der Waals surface area contributed by atoms with E-state index in [1.54, 1.807) is 4.90 Å². The third-order valence-electron chi connectivity index (χ3n) is 3.46. The van der Waals surface area contributed by atoms with Crippen molar-refractivity contribution in [2.45, 2.75) is 6.42 Å². The molecule has 1 aromatic carbocycles. The van der Waals surface area contributed by atoms with Gasteiger partial charge in [0, 0.05) is 37.2 Å². The standard InChI is InChI=1S/C14H16BrFN2O3/c15-12-2-1-10(16)9-11(12)14(21)18-7-5-17(6-8-18)4-3-13(19)20/h1-2,9H,3-8H2,(H,19,20). The van der Waals surface area contributed by atoms with Crippen molar-refractivity contribution in [1.29, 1.82) is 0 Å². The van der Waals surface area contributed by atoms with Crippen molar-refractivity contribution in [1.82, 2.24) is 9.80 Å². The molecule has 0 aliphatic carbocycles. The fraction of sp³-hybridized carbons (Fsp3) is 0.429. The van der Waals surface area contributed by atoms with Gasteiger partial charge in [0.2, 0.25) is 0 Å². The summed E-state index contributed by atoms with van der Waals surface area (Å²) in [6.45, 7) is 2.78. The van der Waals surface area contributed by atoms with Crippen LogP contribution in [0.25, 0.3) is 0 Å². The maximum atomic E-state index is 13.3. The third-order valence-corrected chi connectivity index (χ3v) is 4.15. The number of benzene rings is 1. The van der Waals surface area contributed by atoms with Crippen LogP contribution in [0.4, 0.5) is 4.39 Å². The lowest BCUT2D eigenvalue weighted by Crippen LogP contribution is -2.49. The van der Waals surface area contributed by atoms with Crippen LogP contribution in [-0.2, 0) is 4.79 Å². The van der Waals surface area contributed by atoms with E-state index in [1.165, 1.54) is 18.2 Å². The first-order valence-electron chi connectivity index (χ1n) is 6.66. The fourth-order valence-corrected chi connectivity index (χ4v) is 2.68. The van der Waals surface area contributed by atoms with Gasteiger partial charge in [-0.25, -0.2) is 4.39 Å². The minimum Gasteiger partial charge on any atom is -0.481 e. The van der Waals surface area contributed by atoms with Gasteiger partial charge < -0.3 is 10.0 Å². The molecule has 1 amide bonds. The molecular weight excluding hydrogens is 343 g/mol. The molecule has 2 rings (SSSR count). The molecule has 0 spiro atoms. The predicted molar refractivity (Wildman–Crippen MR) is 78.7 cm³/mol. The van der Waals surface area contributed by atoms with E-state index in [9.17, 15) is 14.0 Å². The Morgan fingerprint density at radius 2 is 1.90 bits per heavy atom. The van der Waals surface area contributed by atoms with Crippen molar-refractivity contribution in [2.24, 2.45) is 0 Å². The molecule has 0 aromatic heterocycles. The fourth-order valence-electron chi connectivity index (χ4n) is 2.26. The van der Waals surface area contributed by atoms with Gasteiger partial charge in [-0.1, -0.05) is 0 Å². The molecule has 7 heteroatoms. The minimum atomic E-state index is -0.822. The SMILES string of the molecule is O=C(O)CCN1CCN(C(=O)c2cc(F)ccc2Br)CC1. The van der Waals surface area contributed by atoms with Gasteiger partial charge in [-0.3, -0.25) is 14.5 Å². The number of carboxylic acids is 1. The van der Waals surface area contributed by atoms with E-state index < -0.39 is 11.8 Å². The number of amides is 1. The van der Waals surface area contributed by atoms with Crippen molar-refractivity contribution in [2.75, 3.05) is 32.7 Å². The second kappa shape index (κ2) is 7.00. The predicted octanol–water partition coefficient (Wildman–Crippen LogP) is 1.82. The zero-order valence-electron chi connectivity index (χ0n) is 11.4. The Kier molecular flexibility index (Phi) is 5.30. The Hall–Kier alpha value is -1.47. The molecule has 1 aliphatic rings. The first kappa shape index (κ1) is 15.9. The van der Waals surface area contributed by atoms with Crippen LogP contribution in [0.5, 0.6) is 0 Å². The van der Waals surface area contributed by atoms with E-state index in [0.717, 1.165) is 0 Å². The third kappa shape index (κ3) is 4.25. The van der Waals surface area contributed by atoms with Gasteiger partial charge in [0.05, 0.1) is 12.0 Å². The molecule has 5 nitrogen and oxygen atoms in total. The normalized spacial score (nSPS) is 16.0. The molecule has 1 fully saturated rings. The van der Waals surface area contributed by atoms with Crippen LogP contribution in [0.2, 0.25) is 0 Å². The number of nitrogens with zero attached hydrogens (tertiary/aromatic N) is 2. The molecule has 21 heavy (non-hydrogen) atoms. The number of hydrogen-bond donors (Lipinski definition) is 1. The molecule has 0 atom stereocenters. The number of hydrogen-bond acceptors (Lipinski definition) is 3. The minimum absolute atomic E-state index is 0.101. The lowest BCUT2D eigenvalue weighted by molar-refractivity contribution is -0.137. The van der Waals surface area contributed by atoms with Crippen molar-refractivity contribution >= 4 is 27.8 Å². The van der Waals surface area contributed by atoms with Gasteiger partial charge in [-0.05, 0) is 34.1 Å². The van der Waals surface area contributed by atoms with Gasteiger partial charge in [-0.2, -0.15) is 0 Å². The van der Waals surface area contributed by atoms with E-state index in [2.05, 4.69) is 15.9 Å². The van der Waals surface area contributed by atoms with E-state index in [4.69, 9.17) is 5.11 Å². The molecule has 1 N–H and O–H groups in total. The lowest BCUT2D eigenvalue weighted by atomic mass is 10.1. The largest absolute Gasteiger partial charge is 0.481 e. The highest BCUT2D eigenvalue weighted by Gasteiger charge is 2.23. The number of rotatable bonds is 4. The Bertz CT molecular complexity index is 545. The second-order valence-electron chi connectivity index (χ2n) is 4.90. The summed E-state index contributed by atoms with van der Waals surface area (Å²) >= 11 is 3.26. The van der Waals surface area contributed by atoms with Gasteiger partial charge in [0.25, 0.3) is 5.91 Å². The number of carboxylic acid groups (broad SMARTS) is 1. The molecular formula is C14H16BrFN2O3. The van der Waals surface area contributed by atoms with E-state index in [-0.39, 0.29) is 12.3 Å². The monoisotopic (exact) mass is 358 g/mol. The maximum Gasteiger partial charge on any atom is 0.304 e. The highest BCUT2D eigenvalue weighted by Crippen LogP contribution is 2.20. The maximum absolute atomic E-state index is 13.3. The number of piperazine rings is 1. The molecule has 1 aromatic rings. The molecule has 114 valence electrons. The summed E-state index contributed by atoms with van der Waals surface area (Å²) in [4.78, 5) is 26.6. The Balaban J connectivity index is 1.94. The molecule has 1 heterocycles. The van der Waals surface area contributed by atoms with Gasteiger partial charge in [0.1, 0.15) is 5.82 Å². The lowest BCUT2D eigenvalue weighted by Gasteiger charge is -2.34. The number of aliphatic carboxylic acids is 1. The molecule has 0 saturated carbocycles. The van der Waals surface area contributed by atoms with Crippen LogP contribution in [-0.4, -0.2) is 59.5 Å². The summed E-state index contributed by atoms with van der Waals surface area (Å²) in [6, 6.07) is 4.04. The first-order chi connectivity index (χ1) is 9.97.